The van der Waals surface area contributed by atoms with Crippen molar-refractivity contribution >= 4 is 0 Å². The Labute approximate surface area is 110 Å². The highest BCUT2D eigenvalue weighted by Gasteiger charge is 1.99. The number of hydrogen-bond donors (Lipinski definition) is 1. The van der Waals surface area contributed by atoms with E-state index >= 15 is 0 Å². The standard InChI is InChI=1S/C17H21N/c1-3-14(2)18-13-15-9-11-17(12-10-15)16-7-5-4-6-8-16/h4-12,14,18H,3,13H2,1-2H3/t14-/m1/s1. The monoisotopic (exact) mass is 239 g/mol. The lowest BCUT2D eigenvalue weighted by Crippen LogP contribution is -2.24. The summed E-state index contributed by atoms with van der Waals surface area (Å²) >= 11 is 0. The molecule has 2 rings (SSSR count). The molecule has 0 saturated heterocycles. The third-order valence-electron chi connectivity index (χ3n) is 3.33. The van der Waals surface area contributed by atoms with Crippen molar-refractivity contribution in [2.75, 3.05) is 0 Å². The van der Waals surface area contributed by atoms with Crippen LogP contribution in [0.25, 0.3) is 11.1 Å². The zero-order valence-electron chi connectivity index (χ0n) is 11.2. The van der Waals surface area contributed by atoms with Crippen LogP contribution in [0.1, 0.15) is 25.8 Å². The molecule has 0 aliphatic heterocycles. The summed E-state index contributed by atoms with van der Waals surface area (Å²) in [7, 11) is 0. The van der Waals surface area contributed by atoms with Gasteiger partial charge >= 0.3 is 0 Å². The first-order chi connectivity index (χ1) is 8.79. The first kappa shape index (κ1) is 12.8. The van der Waals surface area contributed by atoms with Crippen molar-refractivity contribution in [3.05, 3.63) is 60.2 Å². The number of hydrogen-bond acceptors (Lipinski definition) is 1. The van der Waals surface area contributed by atoms with Crippen molar-refractivity contribution in [1.29, 1.82) is 0 Å². The molecule has 1 nitrogen and oxygen atoms in total. The van der Waals surface area contributed by atoms with Crippen LogP contribution in [0.4, 0.5) is 0 Å². The maximum absolute atomic E-state index is 3.51. The van der Waals surface area contributed by atoms with Gasteiger partial charge in [-0.3, -0.25) is 0 Å². The van der Waals surface area contributed by atoms with Gasteiger partial charge in [-0.25, -0.2) is 0 Å². The Kier molecular flexibility index (Phi) is 4.54. The summed E-state index contributed by atoms with van der Waals surface area (Å²) in [4.78, 5) is 0. The van der Waals surface area contributed by atoms with Crippen LogP contribution in [0.15, 0.2) is 54.6 Å². The van der Waals surface area contributed by atoms with E-state index < -0.39 is 0 Å². The van der Waals surface area contributed by atoms with E-state index in [0.29, 0.717) is 6.04 Å². The van der Waals surface area contributed by atoms with Crippen molar-refractivity contribution in [2.45, 2.75) is 32.9 Å². The summed E-state index contributed by atoms with van der Waals surface area (Å²) in [5, 5.41) is 3.51. The molecule has 0 radical (unpaired) electrons. The normalized spacial score (nSPS) is 12.3. The van der Waals surface area contributed by atoms with Gasteiger partial charge in [0.15, 0.2) is 0 Å². The first-order valence-corrected chi connectivity index (χ1v) is 6.67. The summed E-state index contributed by atoms with van der Waals surface area (Å²) < 4.78 is 0. The van der Waals surface area contributed by atoms with Crippen LogP contribution in [0.5, 0.6) is 0 Å². The Bertz CT molecular complexity index is 459. The van der Waals surface area contributed by atoms with Crippen molar-refractivity contribution in [1.82, 2.24) is 5.32 Å². The van der Waals surface area contributed by atoms with Crippen molar-refractivity contribution in [3.8, 4) is 11.1 Å². The van der Waals surface area contributed by atoms with E-state index in [1.54, 1.807) is 0 Å². The molecule has 0 aromatic heterocycles. The Balaban J connectivity index is 2.02. The van der Waals surface area contributed by atoms with Gasteiger partial charge in [0, 0.05) is 12.6 Å². The largest absolute Gasteiger partial charge is 0.310 e. The molecule has 0 bridgehead atoms. The second kappa shape index (κ2) is 6.36. The van der Waals surface area contributed by atoms with E-state index in [4.69, 9.17) is 0 Å². The van der Waals surface area contributed by atoms with Crippen LogP contribution >= 0.6 is 0 Å². The first-order valence-electron chi connectivity index (χ1n) is 6.67. The molecule has 2 aromatic carbocycles. The SMILES string of the molecule is CC[C@@H](C)NCc1ccc(-c2ccccc2)cc1. The molecule has 18 heavy (non-hydrogen) atoms. The van der Waals surface area contributed by atoms with Crippen LogP contribution in [-0.2, 0) is 6.54 Å². The molecular formula is C17H21N. The van der Waals surface area contributed by atoms with Gasteiger partial charge in [0.1, 0.15) is 0 Å². The zero-order chi connectivity index (χ0) is 12.8. The van der Waals surface area contributed by atoms with Gasteiger partial charge in [-0.05, 0) is 30.0 Å². The Morgan fingerprint density at radius 3 is 2.11 bits per heavy atom. The molecule has 0 heterocycles. The third-order valence-corrected chi connectivity index (χ3v) is 3.33. The zero-order valence-corrected chi connectivity index (χ0v) is 11.2. The molecule has 1 heteroatoms. The van der Waals surface area contributed by atoms with E-state index in [1.165, 1.54) is 23.1 Å². The van der Waals surface area contributed by atoms with Crippen LogP contribution in [0.3, 0.4) is 0 Å². The highest BCUT2D eigenvalue weighted by atomic mass is 14.9. The summed E-state index contributed by atoms with van der Waals surface area (Å²) in [5.41, 5.74) is 3.90. The Morgan fingerprint density at radius 2 is 1.50 bits per heavy atom. The van der Waals surface area contributed by atoms with E-state index in [2.05, 4.69) is 67.7 Å². The van der Waals surface area contributed by atoms with E-state index in [-0.39, 0.29) is 0 Å². The van der Waals surface area contributed by atoms with Gasteiger partial charge in [-0.2, -0.15) is 0 Å². The number of nitrogens with one attached hydrogen (secondary N) is 1. The van der Waals surface area contributed by atoms with E-state index in [9.17, 15) is 0 Å². The number of benzene rings is 2. The van der Waals surface area contributed by atoms with E-state index in [0.717, 1.165) is 6.54 Å². The lowest BCUT2D eigenvalue weighted by Gasteiger charge is -2.11. The fourth-order valence-corrected chi connectivity index (χ4v) is 1.88. The van der Waals surface area contributed by atoms with Gasteiger partial charge < -0.3 is 5.32 Å². The average molecular weight is 239 g/mol. The maximum atomic E-state index is 3.51. The van der Waals surface area contributed by atoms with Gasteiger partial charge in [0.2, 0.25) is 0 Å². The molecule has 0 amide bonds. The highest BCUT2D eigenvalue weighted by molar-refractivity contribution is 5.63. The fraction of sp³-hybridized carbons (Fsp3) is 0.294. The molecule has 1 atom stereocenters. The van der Waals surface area contributed by atoms with Crippen molar-refractivity contribution < 1.29 is 0 Å². The fourth-order valence-electron chi connectivity index (χ4n) is 1.88. The van der Waals surface area contributed by atoms with Crippen molar-refractivity contribution in [3.63, 3.8) is 0 Å². The molecule has 1 N–H and O–H groups in total. The summed E-state index contributed by atoms with van der Waals surface area (Å²) in [6, 6.07) is 19.9. The Morgan fingerprint density at radius 1 is 0.889 bits per heavy atom. The lowest BCUT2D eigenvalue weighted by molar-refractivity contribution is 0.534. The minimum atomic E-state index is 0.582. The van der Waals surface area contributed by atoms with Crippen LogP contribution < -0.4 is 5.32 Å². The van der Waals surface area contributed by atoms with Crippen LogP contribution in [0.2, 0.25) is 0 Å². The molecule has 0 aliphatic carbocycles. The highest BCUT2D eigenvalue weighted by Crippen LogP contribution is 2.19. The second-order valence-corrected chi connectivity index (χ2v) is 4.75. The molecule has 0 spiro atoms. The summed E-state index contributed by atoms with van der Waals surface area (Å²) in [6.45, 7) is 5.37. The van der Waals surface area contributed by atoms with E-state index in [1.807, 2.05) is 6.07 Å². The molecule has 0 aliphatic rings. The minimum absolute atomic E-state index is 0.582. The van der Waals surface area contributed by atoms with Gasteiger partial charge in [-0.15, -0.1) is 0 Å². The van der Waals surface area contributed by atoms with Crippen LogP contribution in [0, 0.1) is 0 Å². The predicted octanol–water partition coefficient (Wildman–Crippen LogP) is 4.24. The Hall–Kier alpha value is -1.60. The smallest absolute Gasteiger partial charge is 0.0207 e. The van der Waals surface area contributed by atoms with Gasteiger partial charge in [0.25, 0.3) is 0 Å². The third kappa shape index (κ3) is 3.44. The van der Waals surface area contributed by atoms with Crippen LogP contribution in [-0.4, -0.2) is 6.04 Å². The molecule has 0 unspecified atom stereocenters. The minimum Gasteiger partial charge on any atom is -0.310 e. The molecule has 2 aromatic rings. The summed E-state index contributed by atoms with van der Waals surface area (Å²) in [5.74, 6) is 0. The lowest BCUT2D eigenvalue weighted by atomic mass is 10.0. The molecular weight excluding hydrogens is 218 g/mol. The molecule has 0 saturated carbocycles. The van der Waals surface area contributed by atoms with Crippen molar-refractivity contribution in [2.24, 2.45) is 0 Å². The molecule has 94 valence electrons. The van der Waals surface area contributed by atoms with Gasteiger partial charge in [0.05, 0.1) is 0 Å². The quantitative estimate of drug-likeness (QED) is 0.822. The van der Waals surface area contributed by atoms with Gasteiger partial charge in [-0.1, -0.05) is 61.5 Å². The maximum Gasteiger partial charge on any atom is 0.0207 e. The average Bonchev–Trinajstić information content (AvgIpc) is 2.46. The molecule has 0 fully saturated rings. The predicted molar refractivity (Wildman–Crippen MR) is 78.5 cm³/mol. The second-order valence-electron chi connectivity index (χ2n) is 4.75. The topological polar surface area (TPSA) is 12.0 Å². The summed E-state index contributed by atoms with van der Waals surface area (Å²) in [6.07, 6.45) is 1.17. The number of rotatable bonds is 5.